The molecule has 0 spiro atoms. The van der Waals surface area contributed by atoms with Crippen LogP contribution in [0.5, 0.6) is 0 Å². The van der Waals surface area contributed by atoms with Gasteiger partial charge in [0.1, 0.15) is 23.8 Å². The molecule has 0 unspecified atom stereocenters. The Morgan fingerprint density at radius 3 is 2.60 bits per heavy atom. The predicted octanol–water partition coefficient (Wildman–Crippen LogP) is 1.23. The van der Waals surface area contributed by atoms with Gasteiger partial charge in [0, 0.05) is 6.07 Å². The molecule has 0 aromatic carbocycles. The van der Waals surface area contributed by atoms with Crippen LogP contribution in [0, 0.1) is 11.8 Å². The zero-order valence-electron chi connectivity index (χ0n) is 7.71. The summed E-state index contributed by atoms with van der Waals surface area (Å²) in [6.45, 7) is 1.40. The maximum atomic E-state index is 12.2. The third-order valence-corrected chi connectivity index (χ3v) is 1.37. The van der Waals surface area contributed by atoms with Gasteiger partial charge in [-0.25, -0.2) is 9.97 Å². The van der Waals surface area contributed by atoms with E-state index in [9.17, 15) is 13.2 Å². The summed E-state index contributed by atoms with van der Waals surface area (Å²) in [6, 6.07) is 0.732. The van der Waals surface area contributed by atoms with Crippen LogP contribution in [0.25, 0.3) is 0 Å². The number of aliphatic hydroxyl groups excluding tert-OH is 1. The number of hydrogen-bond donors (Lipinski definition) is 1. The highest BCUT2D eigenvalue weighted by atomic mass is 19.4. The zero-order chi connectivity index (χ0) is 11.5. The largest absolute Gasteiger partial charge is 0.433 e. The first-order valence-electron chi connectivity index (χ1n) is 3.98. The van der Waals surface area contributed by atoms with Crippen LogP contribution in [0.3, 0.4) is 0 Å². The van der Waals surface area contributed by atoms with Crippen molar-refractivity contribution in [2.45, 2.75) is 19.2 Å². The first-order chi connectivity index (χ1) is 6.89. The molecule has 1 heterocycles. The predicted molar refractivity (Wildman–Crippen MR) is 45.6 cm³/mol. The molecule has 3 nitrogen and oxygen atoms in total. The average molecular weight is 216 g/mol. The van der Waals surface area contributed by atoms with Gasteiger partial charge >= 0.3 is 6.18 Å². The molecule has 1 N–H and O–H groups in total. The van der Waals surface area contributed by atoms with Gasteiger partial charge in [0.05, 0.1) is 0 Å². The Hall–Kier alpha value is -1.61. The van der Waals surface area contributed by atoms with Gasteiger partial charge in [0.15, 0.2) is 0 Å². The number of hydrogen-bond acceptors (Lipinski definition) is 3. The Morgan fingerprint density at radius 2 is 2.07 bits per heavy atom. The maximum Gasteiger partial charge on any atom is 0.433 e. The minimum atomic E-state index is -4.51. The first kappa shape index (κ1) is 11.5. The van der Waals surface area contributed by atoms with Gasteiger partial charge < -0.3 is 5.11 Å². The number of alkyl halides is 3. The molecule has 0 bridgehead atoms. The number of rotatable bonds is 0. The van der Waals surface area contributed by atoms with Crippen LogP contribution in [-0.2, 0) is 6.18 Å². The zero-order valence-corrected chi connectivity index (χ0v) is 7.71. The van der Waals surface area contributed by atoms with Crippen LogP contribution < -0.4 is 0 Å². The molecule has 1 atom stereocenters. The summed E-state index contributed by atoms with van der Waals surface area (Å²) in [5.74, 6) is 4.59. The number of aliphatic hydroxyl groups is 1. The Labute approximate surface area is 84.0 Å². The second kappa shape index (κ2) is 4.28. The molecule has 0 aliphatic rings. The summed E-state index contributed by atoms with van der Waals surface area (Å²) in [5.41, 5.74) is -1.12. The molecular weight excluding hydrogens is 209 g/mol. The standard InChI is InChI=1S/C9H7F3N2O/c1-6(15)2-3-7-4-8(9(10,11)12)14-5-13-7/h4-6,15H,1H3/t6-/m0/s1. The van der Waals surface area contributed by atoms with Gasteiger partial charge in [0.2, 0.25) is 0 Å². The lowest BCUT2D eigenvalue weighted by atomic mass is 10.3. The lowest BCUT2D eigenvalue weighted by Crippen LogP contribution is -2.08. The Morgan fingerprint density at radius 1 is 1.40 bits per heavy atom. The minimum Gasteiger partial charge on any atom is -0.381 e. The van der Waals surface area contributed by atoms with Crippen molar-refractivity contribution in [2.24, 2.45) is 0 Å². The van der Waals surface area contributed by atoms with E-state index in [1.807, 2.05) is 0 Å². The van der Waals surface area contributed by atoms with Crippen molar-refractivity contribution >= 4 is 0 Å². The van der Waals surface area contributed by atoms with Crippen LogP contribution in [0.15, 0.2) is 12.4 Å². The summed E-state index contributed by atoms with van der Waals surface area (Å²) in [6.07, 6.45) is -4.63. The molecule has 0 aliphatic heterocycles. The molecule has 15 heavy (non-hydrogen) atoms. The van der Waals surface area contributed by atoms with E-state index in [0.717, 1.165) is 12.4 Å². The van der Waals surface area contributed by atoms with E-state index in [1.165, 1.54) is 6.92 Å². The molecule has 1 aromatic rings. The van der Waals surface area contributed by atoms with E-state index in [0.29, 0.717) is 0 Å². The third-order valence-electron chi connectivity index (χ3n) is 1.37. The minimum absolute atomic E-state index is 0.0711. The van der Waals surface area contributed by atoms with E-state index >= 15 is 0 Å². The number of aromatic nitrogens is 2. The highest BCUT2D eigenvalue weighted by Gasteiger charge is 2.32. The van der Waals surface area contributed by atoms with Crippen molar-refractivity contribution < 1.29 is 18.3 Å². The van der Waals surface area contributed by atoms with Crippen molar-refractivity contribution in [3.63, 3.8) is 0 Å². The molecule has 0 aliphatic carbocycles. The summed E-state index contributed by atoms with van der Waals surface area (Å²) in [7, 11) is 0. The van der Waals surface area contributed by atoms with E-state index < -0.39 is 18.0 Å². The van der Waals surface area contributed by atoms with Crippen LogP contribution >= 0.6 is 0 Å². The monoisotopic (exact) mass is 216 g/mol. The smallest absolute Gasteiger partial charge is 0.381 e. The van der Waals surface area contributed by atoms with Crippen molar-refractivity contribution in [1.82, 2.24) is 9.97 Å². The topological polar surface area (TPSA) is 46.0 Å². The van der Waals surface area contributed by atoms with Crippen LogP contribution in [0.1, 0.15) is 18.3 Å². The summed E-state index contributed by atoms with van der Waals surface area (Å²) in [5, 5.41) is 8.80. The molecule has 0 amide bonds. The fourth-order valence-corrected chi connectivity index (χ4v) is 0.759. The Balaban J connectivity index is 3.00. The van der Waals surface area contributed by atoms with Crippen molar-refractivity contribution in [1.29, 1.82) is 0 Å². The van der Waals surface area contributed by atoms with E-state index in [4.69, 9.17) is 5.11 Å². The van der Waals surface area contributed by atoms with Gasteiger partial charge in [-0.3, -0.25) is 0 Å². The molecule has 0 saturated carbocycles. The van der Waals surface area contributed by atoms with Crippen molar-refractivity contribution in [3.05, 3.63) is 23.8 Å². The fourth-order valence-electron chi connectivity index (χ4n) is 0.759. The quantitative estimate of drug-likeness (QED) is 0.663. The number of halogens is 3. The average Bonchev–Trinajstić information content (AvgIpc) is 2.14. The molecular formula is C9H7F3N2O. The molecule has 0 radical (unpaired) electrons. The highest BCUT2D eigenvalue weighted by Crippen LogP contribution is 2.26. The second-order valence-electron chi connectivity index (χ2n) is 2.73. The molecule has 6 heteroatoms. The molecule has 1 aromatic heterocycles. The van der Waals surface area contributed by atoms with Crippen LogP contribution in [-0.4, -0.2) is 21.2 Å². The van der Waals surface area contributed by atoms with Gasteiger partial charge in [-0.1, -0.05) is 5.92 Å². The normalized spacial score (nSPS) is 12.9. The molecule has 0 saturated heterocycles. The third kappa shape index (κ3) is 3.56. The summed E-state index contributed by atoms with van der Waals surface area (Å²) < 4.78 is 36.5. The maximum absolute atomic E-state index is 12.2. The Bertz CT molecular complexity index is 404. The first-order valence-corrected chi connectivity index (χ1v) is 3.98. The van der Waals surface area contributed by atoms with Crippen LogP contribution in [0.4, 0.5) is 13.2 Å². The van der Waals surface area contributed by atoms with Crippen LogP contribution in [0.2, 0.25) is 0 Å². The SMILES string of the molecule is C[C@H](O)C#Cc1cc(C(F)(F)F)ncn1. The number of nitrogens with zero attached hydrogens (tertiary/aromatic N) is 2. The fraction of sp³-hybridized carbons (Fsp3) is 0.333. The lowest BCUT2D eigenvalue weighted by Gasteiger charge is -2.03. The summed E-state index contributed by atoms with van der Waals surface area (Å²) in [4.78, 5) is 6.60. The van der Waals surface area contributed by atoms with E-state index in [2.05, 4.69) is 21.8 Å². The Kier molecular flexibility index (Phi) is 3.27. The lowest BCUT2D eigenvalue weighted by molar-refractivity contribution is -0.141. The van der Waals surface area contributed by atoms with E-state index in [-0.39, 0.29) is 5.69 Å². The van der Waals surface area contributed by atoms with Gasteiger partial charge in [-0.2, -0.15) is 13.2 Å². The summed E-state index contributed by atoms with van der Waals surface area (Å²) >= 11 is 0. The van der Waals surface area contributed by atoms with Gasteiger partial charge in [-0.15, -0.1) is 0 Å². The van der Waals surface area contributed by atoms with E-state index in [1.54, 1.807) is 0 Å². The highest BCUT2D eigenvalue weighted by molar-refractivity contribution is 5.29. The van der Waals surface area contributed by atoms with Gasteiger partial charge in [0.25, 0.3) is 0 Å². The molecule has 1 rings (SSSR count). The van der Waals surface area contributed by atoms with Gasteiger partial charge in [-0.05, 0) is 12.8 Å². The second-order valence-corrected chi connectivity index (χ2v) is 2.73. The van der Waals surface area contributed by atoms with Crippen molar-refractivity contribution in [3.8, 4) is 11.8 Å². The molecule has 80 valence electrons. The van der Waals surface area contributed by atoms with Crippen molar-refractivity contribution in [2.75, 3.05) is 0 Å². The molecule has 0 fully saturated rings.